The zero-order valence-electron chi connectivity index (χ0n) is 14.9. The van der Waals surface area contributed by atoms with E-state index in [-0.39, 0.29) is 24.3 Å². The maximum atomic E-state index is 13.1. The molecule has 27 heavy (non-hydrogen) atoms. The van der Waals surface area contributed by atoms with Crippen molar-refractivity contribution >= 4 is 35.7 Å². The maximum Gasteiger partial charge on any atom is 0.321 e. The highest BCUT2D eigenvalue weighted by atomic mass is 35.5. The predicted molar refractivity (Wildman–Crippen MR) is 105 cm³/mol. The average molecular weight is 391 g/mol. The van der Waals surface area contributed by atoms with Crippen molar-refractivity contribution in [3.8, 4) is 0 Å². The number of anilines is 2. The largest absolute Gasteiger partial charge is 0.336 e. The summed E-state index contributed by atoms with van der Waals surface area (Å²) >= 11 is 0. The topological polar surface area (TPSA) is 91.3 Å². The smallest absolute Gasteiger partial charge is 0.321 e. The molecule has 8 nitrogen and oxygen atoms in total. The molecule has 0 radical (unpaired) electrons. The van der Waals surface area contributed by atoms with Crippen molar-refractivity contribution in [2.75, 3.05) is 36.4 Å². The second kappa shape index (κ2) is 7.98. The lowest BCUT2D eigenvalue weighted by Crippen LogP contribution is -2.52. The van der Waals surface area contributed by atoms with Gasteiger partial charge in [-0.15, -0.1) is 12.4 Å². The first-order valence-electron chi connectivity index (χ1n) is 8.87. The number of rotatable bonds is 4. The van der Waals surface area contributed by atoms with Gasteiger partial charge in [0.15, 0.2) is 0 Å². The first kappa shape index (κ1) is 19.2. The van der Waals surface area contributed by atoms with E-state index in [0.29, 0.717) is 31.6 Å². The molecule has 0 unspecified atom stereocenters. The molecule has 0 spiro atoms. The van der Waals surface area contributed by atoms with E-state index in [4.69, 9.17) is 0 Å². The highest BCUT2D eigenvalue weighted by Gasteiger charge is 2.42. The quantitative estimate of drug-likeness (QED) is 0.738. The molecule has 3 heterocycles. The van der Waals surface area contributed by atoms with E-state index in [1.54, 1.807) is 15.8 Å². The van der Waals surface area contributed by atoms with Crippen LogP contribution in [-0.2, 0) is 10.3 Å². The molecular weight excluding hydrogens is 368 g/mol. The van der Waals surface area contributed by atoms with Gasteiger partial charge in [0.05, 0.1) is 0 Å². The minimum Gasteiger partial charge on any atom is -0.336 e. The summed E-state index contributed by atoms with van der Waals surface area (Å²) in [5.74, 6) is -0.0608. The minimum atomic E-state index is -0.678. The molecule has 2 aromatic rings. The highest BCUT2D eigenvalue weighted by molar-refractivity contribution is 5.97. The molecule has 3 amide bonds. The van der Waals surface area contributed by atoms with E-state index < -0.39 is 5.54 Å². The molecule has 0 aliphatic carbocycles. The first-order valence-corrected chi connectivity index (χ1v) is 8.87. The van der Waals surface area contributed by atoms with Gasteiger partial charge in [0, 0.05) is 36.9 Å². The molecule has 3 N–H and O–H groups in total. The standard InChI is InChI=1S/C18H22N6O2.ClH/c25-16(18(6-9-19-10-7-18)24-12-1-8-21-24)22-14-2-4-15(5-3-14)23-13-11-20-17(23)26;/h1-5,8,12,19H,6-7,9-11,13H2,(H,20,26)(H,22,25);1H. The van der Waals surface area contributed by atoms with Gasteiger partial charge in [0.2, 0.25) is 0 Å². The van der Waals surface area contributed by atoms with Crippen molar-refractivity contribution in [1.82, 2.24) is 20.4 Å². The normalized spacial score (nSPS) is 18.5. The summed E-state index contributed by atoms with van der Waals surface area (Å²) in [7, 11) is 0. The second-order valence-electron chi connectivity index (χ2n) is 6.62. The van der Waals surface area contributed by atoms with Crippen LogP contribution in [0.15, 0.2) is 42.7 Å². The Bertz CT molecular complexity index is 787. The third kappa shape index (κ3) is 3.63. The summed E-state index contributed by atoms with van der Waals surface area (Å²) in [6.07, 6.45) is 4.92. The molecule has 4 rings (SSSR count). The van der Waals surface area contributed by atoms with Crippen LogP contribution in [0.5, 0.6) is 0 Å². The number of hydrogen-bond acceptors (Lipinski definition) is 4. The fraction of sp³-hybridized carbons (Fsp3) is 0.389. The molecule has 2 saturated heterocycles. The lowest BCUT2D eigenvalue weighted by atomic mass is 9.87. The van der Waals surface area contributed by atoms with Crippen LogP contribution in [0.3, 0.4) is 0 Å². The summed E-state index contributed by atoms with van der Waals surface area (Å²) in [6.45, 7) is 2.85. The van der Waals surface area contributed by atoms with Crippen LogP contribution >= 0.6 is 12.4 Å². The molecule has 0 atom stereocenters. The van der Waals surface area contributed by atoms with Crippen LogP contribution in [0.25, 0.3) is 0 Å². The number of amides is 3. The number of urea groups is 1. The van der Waals surface area contributed by atoms with Crippen LogP contribution in [-0.4, -0.2) is 47.9 Å². The van der Waals surface area contributed by atoms with Gasteiger partial charge < -0.3 is 16.0 Å². The van der Waals surface area contributed by atoms with Gasteiger partial charge in [-0.05, 0) is 56.3 Å². The van der Waals surface area contributed by atoms with E-state index >= 15 is 0 Å². The predicted octanol–water partition coefficient (Wildman–Crippen LogP) is 1.55. The number of carbonyl (C=O) groups excluding carboxylic acids is 2. The fourth-order valence-corrected chi connectivity index (χ4v) is 3.61. The molecule has 1 aromatic carbocycles. The molecule has 144 valence electrons. The van der Waals surface area contributed by atoms with Crippen LogP contribution in [0.4, 0.5) is 16.2 Å². The van der Waals surface area contributed by atoms with Gasteiger partial charge in [0.1, 0.15) is 5.54 Å². The highest BCUT2D eigenvalue weighted by Crippen LogP contribution is 2.29. The van der Waals surface area contributed by atoms with Crippen LogP contribution < -0.4 is 20.9 Å². The molecule has 0 bridgehead atoms. The number of nitrogens with one attached hydrogen (secondary N) is 3. The third-order valence-corrected chi connectivity index (χ3v) is 5.09. The van der Waals surface area contributed by atoms with Crippen molar-refractivity contribution in [3.05, 3.63) is 42.7 Å². The Morgan fingerprint density at radius 2 is 1.89 bits per heavy atom. The average Bonchev–Trinajstić information content (AvgIpc) is 3.35. The summed E-state index contributed by atoms with van der Waals surface area (Å²) in [5.41, 5.74) is 0.854. The number of aromatic nitrogens is 2. The van der Waals surface area contributed by atoms with E-state index in [0.717, 1.165) is 18.8 Å². The Kier molecular flexibility index (Phi) is 5.67. The van der Waals surface area contributed by atoms with Gasteiger partial charge in [-0.3, -0.25) is 14.4 Å². The van der Waals surface area contributed by atoms with Crippen LogP contribution in [0, 0.1) is 0 Å². The summed E-state index contributed by atoms with van der Waals surface area (Å²) in [5, 5.41) is 13.4. The van der Waals surface area contributed by atoms with Gasteiger partial charge >= 0.3 is 6.03 Å². The summed E-state index contributed by atoms with van der Waals surface area (Å²) < 4.78 is 1.77. The van der Waals surface area contributed by atoms with Crippen LogP contribution in [0.1, 0.15) is 12.8 Å². The third-order valence-electron chi connectivity index (χ3n) is 5.09. The lowest BCUT2D eigenvalue weighted by molar-refractivity contribution is -0.126. The van der Waals surface area contributed by atoms with Crippen LogP contribution in [0.2, 0.25) is 0 Å². The van der Waals surface area contributed by atoms with E-state index in [1.807, 2.05) is 36.5 Å². The monoisotopic (exact) mass is 390 g/mol. The number of halogens is 1. The zero-order valence-corrected chi connectivity index (χ0v) is 15.7. The second-order valence-corrected chi connectivity index (χ2v) is 6.62. The Morgan fingerprint density at radius 1 is 1.15 bits per heavy atom. The molecule has 2 fully saturated rings. The SMILES string of the molecule is Cl.O=C1NCCN1c1ccc(NC(=O)C2(n3cccn3)CCNCC2)cc1. The lowest BCUT2D eigenvalue weighted by Gasteiger charge is -2.36. The number of nitrogens with zero attached hydrogens (tertiary/aromatic N) is 3. The first-order chi connectivity index (χ1) is 12.7. The Morgan fingerprint density at radius 3 is 2.48 bits per heavy atom. The summed E-state index contributed by atoms with van der Waals surface area (Å²) in [4.78, 5) is 26.5. The van der Waals surface area contributed by atoms with E-state index in [9.17, 15) is 9.59 Å². The zero-order chi connectivity index (χ0) is 18.0. The van der Waals surface area contributed by atoms with E-state index in [1.165, 1.54) is 0 Å². The minimum absolute atomic E-state index is 0. The molecular formula is C18H23ClN6O2. The van der Waals surface area contributed by atoms with Crippen molar-refractivity contribution in [1.29, 1.82) is 0 Å². The maximum absolute atomic E-state index is 13.1. The summed E-state index contributed by atoms with van der Waals surface area (Å²) in [6, 6.07) is 9.11. The molecule has 1 aromatic heterocycles. The molecule has 9 heteroatoms. The molecule has 0 saturated carbocycles. The molecule has 2 aliphatic heterocycles. The van der Waals surface area contributed by atoms with Crippen molar-refractivity contribution in [3.63, 3.8) is 0 Å². The van der Waals surface area contributed by atoms with Gasteiger partial charge in [-0.25, -0.2) is 4.79 Å². The number of piperidine rings is 1. The Hall–Kier alpha value is -2.58. The number of hydrogen-bond donors (Lipinski definition) is 3. The van der Waals surface area contributed by atoms with Gasteiger partial charge in [-0.2, -0.15) is 5.10 Å². The Balaban J connectivity index is 0.00000210. The number of carbonyl (C=O) groups is 2. The fourth-order valence-electron chi connectivity index (χ4n) is 3.61. The van der Waals surface area contributed by atoms with Crippen molar-refractivity contribution < 1.29 is 9.59 Å². The Labute approximate surface area is 163 Å². The van der Waals surface area contributed by atoms with Crippen molar-refractivity contribution in [2.45, 2.75) is 18.4 Å². The number of benzene rings is 1. The van der Waals surface area contributed by atoms with E-state index in [2.05, 4.69) is 21.0 Å². The van der Waals surface area contributed by atoms with Gasteiger partial charge in [-0.1, -0.05) is 0 Å². The van der Waals surface area contributed by atoms with Crippen molar-refractivity contribution in [2.24, 2.45) is 0 Å². The molecule has 2 aliphatic rings. The van der Waals surface area contributed by atoms with Gasteiger partial charge in [0.25, 0.3) is 5.91 Å².